The molecule has 0 aliphatic rings. The van der Waals surface area contributed by atoms with Crippen LogP contribution in [0.15, 0.2) is 29.4 Å². The molecule has 0 bridgehead atoms. The molecule has 0 atom stereocenters. The van der Waals surface area contributed by atoms with E-state index in [-0.39, 0.29) is 5.91 Å². The predicted molar refractivity (Wildman–Crippen MR) is 86.7 cm³/mol. The summed E-state index contributed by atoms with van der Waals surface area (Å²) in [5, 5.41) is 4.91. The number of aromatic nitrogens is 1. The van der Waals surface area contributed by atoms with Gasteiger partial charge in [-0.2, -0.15) is 5.10 Å². The van der Waals surface area contributed by atoms with Crippen molar-refractivity contribution in [3.63, 3.8) is 0 Å². The SMILES string of the molecule is CC(=O)NN=Cc1cc(C)n(-c2cccc(Cl)c2Cl)c1C. The normalized spacial score (nSPS) is 11.1. The molecule has 0 aliphatic heterocycles. The summed E-state index contributed by atoms with van der Waals surface area (Å²) in [5.41, 5.74) is 6.07. The summed E-state index contributed by atoms with van der Waals surface area (Å²) >= 11 is 12.4. The van der Waals surface area contributed by atoms with E-state index in [0.717, 1.165) is 22.6 Å². The van der Waals surface area contributed by atoms with Crippen LogP contribution in [0.2, 0.25) is 10.0 Å². The van der Waals surface area contributed by atoms with Crippen LogP contribution >= 0.6 is 23.2 Å². The molecule has 1 heterocycles. The minimum absolute atomic E-state index is 0.210. The molecule has 110 valence electrons. The van der Waals surface area contributed by atoms with E-state index in [4.69, 9.17) is 23.2 Å². The van der Waals surface area contributed by atoms with Gasteiger partial charge < -0.3 is 4.57 Å². The van der Waals surface area contributed by atoms with Gasteiger partial charge in [0.2, 0.25) is 5.91 Å². The number of rotatable bonds is 3. The summed E-state index contributed by atoms with van der Waals surface area (Å²) in [5.74, 6) is -0.210. The lowest BCUT2D eigenvalue weighted by atomic mass is 10.2. The van der Waals surface area contributed by atoms with Crippen LogP contribution in [0.25, 0.3) is 5.69 Å². The third-order valence-corrected chi connectivity index (χ3v) is 3.88. The van der Waals surface area contributed by atoms with Gasteiger partial charge in [-0.3, -0.25) is 4.79 Å². The maximum atomic E-state index is 10.8. The van der Waals surface area contributed by atoms with E-state index in [1.165, 1.54) is 6.92 Å². The van der Waals surface area contributed by atoms with E-state index in [0.29, 0.717) is 10.0 Å². The highest BCUT2D eigenvalue weighted by Crippen LogP contribution is 2.31. The predicted octanol–water partition coefficient (Wildman–Crippen LogP) is 3.87. The van der Waals surface area contributed by atoms with Crippen LogP contribution in [0.4, 0.5) is 0 Å². The zero-order valence-electron chi connectivity index (χ0n) is 11.9. The number of carbonyl (C=O) groups excluding carboxylic acids is 1. The number of halogens is 2. The summed E-state index contributed by atoms with van der Waals surface area (Å²) in [4.78, 5) is 10.8. The number of hydrazone groups is 1. The maximum Gasteiger partial charge on any atom is 0.236 e. The van der Waals surface area contributed by atoms with E-state index in [1.807, 2.05) is 36.6 Å². The molecule has 6 heteroatoms. The lowest BCUT2D eigenvalue weighted by Crippen LogP contribution is -2.12. The molecule has 1 amide bonds. The monoisotopic (exact) mass is 323 g/mol. The topological polar surface area (TPSA) is 46.4 Å². The molecule has 1 aromatic heterocycles. The van der Waals surface area contributed by atoms with Gasteiger partial charge in [0.1, 0.15) is 0 Å². The number of hydrogen-bond acceptors (Lipinski definition) is 2. The van der Waals surface area contributed by atoms with E-state index in [2.05, 4.69) is 10.5 Å². The lowest BCUT2D eigenvalue weighted by molar-refractivity contribution is -0.118. The second kappa shape index (κ2) is 6.33. The molecule has 1 N–H and O–H groups in total. The summed E-state index contributed by atoms with van der Waals surface area (Å²) in [6, 6.07) is 7.48. The fourth-order valence-electron chi connectivity index (χ4n) is 2.15. The Morgan fingerprint density at radius 2 is 2.05 bits per heavy atom. The van der Waals surface area contributed by atoms with Gasteiger partial charge in [-0.1, -0.05) is 29.3 Å². The first kappa shape index (κ1) is 15.6. The standard InChI is InChI=1S/C15H15Cl2N3O/c1-9-7-12(8-18-19-11(3)21)10(2)20(9)14-6-4-5-13(16)15(14)17/h4-8H,1-3H3,(H,19,21). The maximum absolute atomic E-state index is 10.8. The highest BCUT2D eigenvalue weighted by atomic mass is 35.5. The van der Waals surface area contributed by atoms with Gasteiger partial charge >= 0.3 is 0 Å². The third kappa shape index (κ3) is 3.28. The summed E-state index contributed by atoms with van der Waals surface area (Å²) in [6.07, 6.45) is 1.61. The number of carbonyl (C=O) groups is 1. The number of aryl methyl sites for hydroxylation is 1. The van der Waals surface area contributed by atoms with Crippen LogP contribution < -0.4 is 5.43 Å². The Bertz CT molecular complexity index is 720. The van der Waals surface area contributed by atoms with Gasteiger partial charge in [0, 0.05) is 23.9 Å². The Morgan fingerprint density at radius 3 is 2.71 bits per heavy atom. The van der Waals surface area contributed by atoms with Crippen molar-refractivity contribution < 1.29 is 4.79 Å². The first-order valence-electron chi connectivity index (χ1n) is 6.34. The van der Waals surface area contributed by atoms with Crippen LogP contribution in [-0.2, 0) is 4.79 Å². The average Bonchev–Trinajstić information content (AvgIpc) is 2.68. The van der Waals surface area contributed by atoms with Crippen molar-refractivity contribution in [2.45, 2.75) is 20.8 Å². The van der Waals surface area contributed by atoms with Crippen molar-refractivity contribution >= 4 is 35.3 Å². The highest BCUT2D eigenvalue weighted by Gasteiger charge is 2.13. The second-order valence-electron chi connectivity index (χ2n) is 4.66. The van der Waals surface area contributed by atoms with Crippen LogP contribution in [-0.4, -0.2) is 16.7 Å². The summed E-state index contributed by atoms with van der Waals surface area (Å²) < 4.78 is 2.00. The molecule has 0 radical (unpaired) electrons. The van der Waals surface area contributed by atoms with E-state index >= 15 is 0 Å². The van der Waals surface area contributed by atoms with Crippen LogP contribution in [0.3, 0.4) is 0 Å². The molecule has 0 saturated heterocycles. The molecular weight excluding hydrogens is 309 g/mol. The largest absolute Gasteiger partial charge is 0.316 e. The molecular formula is C15H15Cl2N3O. The Morgan fingerprint density at radius 1 is 1.33 bits per heavy atom. The minimum atomic E-state index is -0.210. The fraction of sp³-hybridized carbons (Fsp3) is 0.200. The molecule has 21 heavy (non-hydrogen) atoms. The van der Waals surface area contributed by atoms with Crippen molar-refractivity contribution in [2.75, 3.05) is 0 Å². The van der Waals surface area contributed by atoms with Gasteiger partial charge in [0.15, 0.2) is 0 Å². The number of nitrogens with one attached hydrogen (secondary N) is 1. The Labute approximate surface area is 133 Å². The zero-order chi connectivity index (χ0) is 15.6. The van der Waals surface area contributed by atoms with Gasteiger partial charge in [-0.15, -0.1) is 0 Å². The minimum Gasteiger partial charge on any atom is -0.316 e. The third-order valence-electron chi connectivity index (χ3n) is 3.07. The molecule has 0 saturated carbocycles. The Balaban J connectivity index is 2.47. The second-order valence-corrected chi connectivity index (χ2v) is 5.45. The van der Waals surface area contributed by atoms with Crippen molar-refractivity contribution in [3.05, 3.63) is 51.3 Å². The summed E-state index contributed by atoms with van der Waals surface area (Å²) in [7, 11) is 0. The molecule has 2 rings (SSSR count). The first-order chi connectivity index (χ1) is 9.91. The molecule has 0 unspecified atom stereocenters. The van der Waals surface area contributed by atoms with Gasteiger partial charge in [0.25, 0.3) is 0 Å². The van der Waals surface area contributed by atoms with Gasteiger partial charge in [-0.05, 0) is 32.0 Å². The van der Waals surface area contributed by atoms with Crippen molar-refractivity contribution in [3.8, 4) is 5.69 Å². The number of amides is 1. The molecule has 0 spiro atoms. The molecule has 0 aliphatic carbocycles. The molecule has 4 nitrogen and oxygen atoms in total. The smallest absolute Gasteiger partial charge is 0.236 e. The van der Waals surface area contributed by atoms with Gasteiger partial charge in [0.05, 0.1) is 21.9 Å². The van der Waals surface area contributed by atoms with E-state index in [1.54, 1.807) is 12.3 Å². The highest BCUT2D eigenvalue weighted by molar-refractivity contribution is 6.43. The number of hydrogen-bond donors (Lipinski definition) is 1. The fourth-order valence-corrected chi connectivity index (χ4v) is 2.53. The molecule has 0 fully saturated rings. The summed E-state index contributed by atoms with van der Waals surface area (Å²) in [6.45, 7) is 5.34. The van der Waals surface area contributed by atoms with E-state index < -0.39 is 0 Å². The zero-order valence-corrected chi connectivity index (χ0v) is 13.5. The van der Waals surface area contributed by atoms with Crippen LogP contribution in [0, 0.1) is 13.8 Å². The first-order valence-corrected chi connectivity index (χ1v) is 7.10. The molecule has 2 aromatic rings. The number of nitrogens with zero attached hydrogens (tertiary/aromatic N) is 2. The quantitative estimate of drug-likeness (QED) is 0.676. The van der Waals surface area contributed by atoms with Crippen LogP contribution in [0.5, 0.6) is 0 Å². The lowest BCUT2D eigenvalue weighted by Gasteiger charge is -2.12. The Kier molecular flexibility index (Phi) is 4.70. The van der Waals surface area contributed by atoms with Crippen LogP contribution in [0.1, 0.15) is 23.9 Å². The van der Waals surface area contributed by atoms with E-state index in [9.17, 15) is 4.79 Å². The molecule has 1 aromatic carbocycles. The Hall–Kier alpha value is -1.78. The van der Waals surface area contributed by atoms with Crippen molar-refractivity contribution in [1.29, 1.82) is 0 Å². The van der Waals surface area contributed by atoms with Crippen molar-refractivity contribution in [2.24, 2.45) is 5.10 Å². The van der Waals surface area contributed by atoms with Gasteiger partial charge in [-0.25, -0.2) is 5.43 Å². The number of benzene rings is 1. The van der Waals surface area contributed by atoms with Crippen molar-refractivity contribution in [1.82, 2.24) is 9.99 Å². The average molecular weight is 324 g/mol.